The Balaban J connectivity index is 2.30. The maximum absolute atomic E-state index is 2.42. The van der Waals surface area contributed by atoms with Crippen LogP contribution >= 0.6 is 0 Å². The molecule has 0 unspecified atom stereocenters. The van der Waals surface area contributed by atoms with E-state index in [2.05, 4.69) is 67.1 Å². The van der Waals surface area contributed by atoms with Crippen LogP contribution in [0.5, 0.6) is 0 Å². The van der Waals surface area contributed by atoms with Crippen LogP contribution in [0.3, 0.4) is 0 Å². The highest BCUT2D eigenvalue weighted by atomic mass is 14.9. The van der Waals surface area contributed by atoms with Gasteiger partial charge in [-0.3, -0.25) is 0 Å². The molecular formula is C18H24N+. The average Bonchev–Trinajstić information content (AvgIpc) is 2.47. The van der Waals surface area contributed by atoms with Crippen molar-refractivity contribution in [3.05, 3.63) is 54.4 Å². The fourth-order valence-electron chi connectivity index (χ4n) is 2.41. The number of nitrogens with zero attached hydrogens (tertiary/aromatic N) is 1. The summed E-state index contributed by atoms with van der Waals surface area (Å²) < 4.78 is 2.42. The highest BCUT2D eigenvalue weighted by Gasteiger charge is 2.11. The molecule has 0 saturated heterocycles. The van der Waals surface area contributed by atoms with E-state index < -0.39 is 0 Å². The van der Waals surface area contributed by atoms with Gasteiger partial charge in [0.2, 0.25) is 0 Å². The van der Waals surface area contributed by atoms with Crippen LogP contribution in [0.2, 0.25) is 0 Å². The van der Waals surface area contributed by atoms with Gasteiger partial charge in [-0.25, -0.2) is 4.57 Å². The van der Waals surface area contributed by atoms with Crippen molar-refractivity contribution in [2.45, 2.75) is 46.1 Å². The predicted octanol–water partition coefficient (Wildman–Crippen LogP) is 4.39. The third-order valence-electron chi connectivity index (χ3n) is 3.49. The second-order valence-electron chi connectivity index (χ2n) is 5.07. The molecule has 1 aromatic carbocycles. The van der Waals surface area contributed by atoms with Gasteiger partial charge in [0.25, 0.3) is 0 Å². The normalized spacial score (nSPS) is 10.6. The Morgan fingerprint density at radius 1 is 0.895 bits per heavy atom. The third-order valence-corrected chi connectivity index (χ3v) is 3.49. The molecule has 0 radical (unpaired) electrons. The molecule has 0 saturated carbocycles. The van der Waals surface area contributed by atoms with Crippen LogP contribution < -0.4 is 4.57 Å². The summed E-state index contributed by atoms with van der Waals surface area (Å²) in [5.74, 6) is 0. The van der Waals surface area contributed by atoms with Crippen LogP contribution in [-0.2, 0) is 13.0 Å². The van der Waals surface area contributed by atoms with Gasteiger partial charge >= 0.3 is 0 Å². The molecule has 1 heterocycles. The van der Waals surface area contributed by atoms with E-state index in [1.165, 1.54) is 36.1 Å². The van der Waals surface area contributed by atoms with Gasteiger partial charge in [0.1, 0.15) is 6.54 Å². The summed E-state index contributed by atoms with van der Waals surface area (Å²) in [6.45, 7) is 5.64. The lowest BCUT2D eigenvalue weighted by atomic mass is 10.0. The first-order valence-electron chi connectivity index (χ1n) is 7.43. The summed E-state index contributed by atoms with van der Waals surface area (Å²) in [4.78, 5) is 0. The van der Waals surface area contributed by atoms with Gasteiger partial charge in [-0.15, -0.1) is 0 Å². The molecule has 1 aromatic heterocycles. The number of pyridine rings is 1. The molecule has 0 fully saturated rings. The highest BCUT2D eigenvalue weighted by Crippen LogP contribution is 2.18. The largest absolute Gasteiger partial charge is 0.202 e. The fourth-order valence-corrected chi connectivity index (χ4v) is 2.41. The van der Waals surface area contributed by atoms with E-state index >= 15 is 0 Å². The lowest BCUT2D eigenvalue weighted by molar-refractivity contribution is -0.704. The molecule has 2 aromatic rings. The summed E-state index contributed by atoms with van der Waals surface area (Å²) in [5, 5.41) is 0. The van der Waals surface area contributed by atoms with Gasteiger partial charge < -0.3 is 0 Å². The van der Waals surface area contributed by atoms with Crippen LogP contribution in [0.1, 0.15) is 38.8 Å². The SMILES string of the molecule is CCCC[n+]1ccc(-c2ccccc2)cc1CCC. The average molecular weight is 254 g/mol. The first-order valence-corrected chi connectivity index (χ1v) is 7.43. The van der Waals surface area contributed by atoms with Crippen molar-refractivity contribution in [3.63, 3.8) is 0 Å². The number of aryl methyl sites for hydroxylation is 2. The summed E-state index contributed by atoms with van der Waals surface area (Å²) >= 11 is 0. The Kier molecular flexibility index (Phi) is 5.14. The monoisotopic (exact) mass is 254 g/mol. The molecule has 0 bridgehead atoms. The van der Waals surface area contributed by atoms with Gasteiger partial charge in [0, 0.05) is 25.0 Å². The Morgan fingerprint density at radius 2 is 1.68 bits per heavy atom. The summed E-state index contributed by atoms with van der Waals surface area (Å²) in [7, 11) is 0. The molecule has 0 N–H and O–H groups in total. The molecular weight excluding hydrogens is 230 g/mol. The molecule has 1 nitrogen and oxygen atoms in total. The molecule has 2 rings (SSSR count). The van der Waals surface area contributed by atoms with E-state index in [0.717, 1.165) is 13.0 Å². The molecule has 0 aliphatic carbocycles. The van der Waals surface area contributed by atoms with Crippen molar-refractivity contribution in [3.8, 4) is 11.1 Å². The van der Waals surface area contributed by atoms with E-state index in [4.69, 9.17) is 0 Å². The molecule has 100 valence electrons. The van der Waals surface area contributed by atoms with Crippen LogP contribution in [0.15, 0.2) is 48.7 Å². The lowest BCUT2D eigenvalue weighted by Gasteiger charge is -2.06. The summed E-state index contributed by atoms with van der Waals surface area (Å²) in [6, 6.07) is 15.2. The van der Waals surface area contributed by atoms with Crippen LogP contribution in [0.4, 0.5) is 0 Å². The number of unbranched alkanes of at least 4 members (excludes halogenated alkanes) is 1. The highest BCUT2D eigenvalue weighted by molar-refractivity contribution is 5.62. The Labute approximate surface area is 116 Å². The second-order valence-corrected chi connectivity index (χ2v) is 5.07. The number of hydrogen-bond donors (Lipinski definition) is 0. The van der Waals surface area contributed by atoms with Crippen molar-refractivity contribution in [1.82, 2.24) is 0 Å². The Hall–Kier alpha value is -1.63. The first kappa shape index (κ1) is 13.8. The van der Waals surface area contributed by atoms with Gasteiger partial charge in [0.05, 0.1) is 0 Å². The van der Waals surface area contributed by atoms with Crippen LogP contribution in [0, 0.1) is 0 Å². The van der Waals surface area contributed by atoms with Crippen molar-refractivity contribution >= 4 is 0 Å². The van der Waals surface area contributed by atoms with Crippen LogP contribution in [-0.4, -0.2) is 0 Å². The van der Waals surface area contributed by atoms with E-state index in [9.17, 15) is 0 Å². The minimum absolute atomic E-state index is 1.14. The second kappa shape index (κ2) is 7.08. The van der Waals surface area contributed by atoms with Crippen molar-refractivity contribution in [2.75, 3.05) is 0 Å². The zero-order chi connectivity index (χ0) is 13.5. The number of aromatic nitrogens is 1. The predicted molar refractivity (Wildman–Crippen MR) is 81.0 cm³/mol. The third kappa shape index (κ3) is 3.66. The number of rotatable bonds is 6. The van der Waals surface area contributed by atoms with Gasteiger partial charge in [-0.2, -0.15) is 0 Å². The molecule has 0 aliphatic rings. The smallest absolute Gasteiger partial charge is 0.181 e. The molecule has 0 aliphatic heterocycles. The minimum atomic E-state index is 1.14. The number of hydrogen-bond acceptors (Lipinski definition) is 0. The molecule has 0 amide bonds. The van der Waals surface area contributed by atoms with E-state index in [1.54, 1.807) is 0 Å². The molecule has 0 atom stereocenters. The van der Waals surface area contributed by atoms with Crippen molar-refractivity contribution in [1.29, 1.82) is 0 Å². The fraction of sp³-hybridized carbons (Fsp3) is 0.389. The standard InChI is InChI=1S/C18H24N/c1-3-5-13-19-14-12-17(15-18(19)9-4-2)16-10-7-6-8-11-16/h6-8,10-12,14-15H,3-5,9,13H2,1-2H3/q+1. The van der Waals surface area contributed by atoms with E-state index in [0.29, 0.717) is 0 Å². The Morgan fingerprint density at radius 3 is 2.37 bits per heavy atom. The van der Waals surface area contributed by atoms with E-state index in [-0.39, 0.29) is 0 Å². The molecule has 0 spiro atoms. The van der Waals surface area contributed by atoms with Crippen molar-refractivity contribution in [2.24, 2.45) is 0 Å². The topological polar surface area (TPSA) is 3.88 Å². The maximum Gasteiger partial charge on any atom is 0.181 e. The van der Waals surface area contributed by atoms with E-state index in [1.807, 2.05) is 0 Å². The zero-order valence-electron chi connectivity index (χ0n) is 12.1. The maximum atomic E-state index is 2.42. The molecule has 1 heteroatoms. The lowest BCUT2D eigenvalue weighted by Crippen LogP contribution is -2.38. The van der Waals surface area contributed by atoms with Gasteiger partial charge in [0.15, 0.2) is 11.9 Å². The van der Waals surface area contributed by atoms with Gasteiger partial charge in [-0.1, -0.05) is 50.6 Å². The zero-order valence-corrected chi connectivity index (χ0v) is 12.1. The van der Waals surface area contributed by atoms with Crippen molar-refractivity contribution < 1.29 is 4.57 Å². The Bertz CT molecular complexity index is 502. The molecule has 19 heavy (non-hydrogen) atoms. The van der Waals surface area contributed by atoms with Gasteiger partial charge in [-0.05, 0) is 17.5 Å². The summed E-state index contributed by atoms with van der Waals surface area (Å²) in [6.07, 6.45) is 7.11. The van der Waals surface area contributed by atoms with Crippen LogP contribution in [0.25, 0.3) is 11.1 Å². The number of benzene rings is 1. The quantitative estimate of drug-likeness (QED) is 0.673. The first-order chi connectivity index (χ1) is 9.35. The summed E-state index contributed by atoms with van der Waals surface area (Å²) in [5.41, 5.74) is 4.09. The minimum Gasteiger partial charge on any atom is -0.202 e.